The molecular weight excluding hydrogens is 673 g/mol. The SMILES string of the molecule is C=CC1=C(C)c2cc3[nH]c(cc4nc(cc5[nH]c(cc1n2)c(C)c5CCC(=O)NCCCN(C)C)C(CCC(=O)NCCCN(C)C)=C4C)c(C)c3C=C. The Hall–Kier alpha value is -5.06. The highest BCUT2D eigenvalue weighted by Crippen LogP contribution is 2.36. The summed E-state index contributed by atoms with van der Waals surface area (Å²) >= 11 is 0. The van der Waals surface area contributed by atoms with Crippen LogP contribution in [0.3, 0.4) is 0 Å². The van der Waals surface area contributed by atoms with Crippen molar-refractivity contribution >= 4 is 62.2 Å². The van der Waals surface area contributed by atoms with Crippen molar-refractivity contribution in [3.63, 3.8) is 0 Å². The van der Waals surface area contributed by atoms with E-state index in [-0.39, 0.29) is 11.8 Å². The Morgan fingerprint density at radius 3 is 1.80 bits per heavy atom. The Morgan fingerprint density at radius 2 is 1.19 bits per heavy atom. The minimum Gasteiger partial charge on any atom is -0.356 e. The highest BCUT2D eigenvalue weighted by atomic mass is 16.2. The largest absolute Gasteiger partial charge is 0.356 e. The van der Waals surface area contributed by atoms with Gasteiger partial charge in [-0.3, -0.25) is 9.59 Å². The van der Waals surface area contributed by atoms with Gasteiger partial charge in [0.2, 0.25) is 11.8 Å². The van der Waals surface area contributed by atoms with Gasteiger partial charge in [-0.1, -0.05) is 25.3 Å². The fraction of sp³-hybridized carbons (Fsp3) is 0.409. The van der Waals surface area contributed by atoms with Gasteiger partial charge in [0, 0.05) is 59.1 Å². The van der Waals surface area contributed by atoms with Gasteiger partial charge in [-0.2, -0.15) is 0 Å². The average Bonchev–Trinajstić information content (AvgIpc) is 3.79. The summed E-state index contributed by atoms with van der Waals surface area (Å²) < 4.78 is 0. The van der Waals surface area contributed by atoms with Gasteiger partial charge in [0.1, 0.15) is 0 Å². The number of hydrogen-bond acceptors (Lipinski definition) is 6. The first-order chi connectivity index (χ1) is 25.8. The monoisotopic (exact) mass is 730 g/mol. The Kier molecular flexibility index (Phi) is 13.3. The van der Waals surface area contributed by atoms with Gasteiger partial charge in [-0.25, -0.2) is 9.97 Å². The number of aromatic nitrogens is 4. The molecule has 0 atom stereocenters. The van der Waals surface area contributed by atoms with Crippen LogP contribution in [0.1, 0.15) is 91.0 Å². The second-order valence-corrected chi connectivity index (χ2v) is 15.0. The summed E-state index contributed by atoms with van der Waals surface area (Å²) in [6, 6.07) is 8.34. The zero-order chi connectivity index (χ0) is 39.1. The number of aromatic amines is 2. The fourth-order valence-electron chi connectivity index (χ4n) is 7.21. The maximum atomic E-state index is 13.0. The van der Waals surface area contributed by atoms with Crippen LogP contribution in [0.5, 0.6) is 0 Å². The molecule has 8 bridgehead atoms. The van der Waals surface area contributed by atoms with Crippen LogP contribution in [0.2, 0.25) is 0 Å². The van der Waals surface area contributed by atoms with E-state index < -0.39 is 0 Å². The molecule has 10 nitrogen and oxygen atoms in total. The number of hydrogen-bond donors (Lipinski definition) is 4. The van der Waals surface area contributed by atoms with Crippen molar-refractivity contribution in [2.45, 2.75) is 66.2 Å². The van der Waals surface area contributed by atoms with E-state index >= 15 is 0 Å². The van der Waals surface area contributed by atoms with Crippen molar-refractivity contribution in [2.75, 3.05) is 54.4 Å². The molecule has 3 aromatic heterocycles. The second kappa shape index (κ2) is 17.8. The highest BCUT2D eigenvalue weighted by Gasteiger charge is 2.21. The van der Waals surface area contributed by atoms with Crippen LogP contribution in [0.4, 0.5) is 0 Å². The number of aryl methyl sites for hydroxylation is 3. The molecule has 5 rings (SSSR count). The van der Waals surface area contributed by atoms with Crippen molar-refractivity contribution in [1.29, 1.82) is 0 Å². The molecule has 10 heteroatoms. The molecule has 3 aromatic rings. The molecule has 0 unspecified atom stereocenters. The molecule has 0 aliphatic carbocycles. The molecule has 286 valence electrons. The van der Waals surface area contributed by atoms with Crippen LogP contribution in [0.15, 0.2) is 43.5 Å². The summed E-state index contributed by atoms with van der Waals surface area (Å²) in [5.74, 6) is 0.0577. The first kappa shape index (κ1) is 40.1. The Morgan fingerprint density at radius 1 is 0.667 bits per heavy atom. The highest BCUT2D eigenvalue weighted by molar-refractivity contribution is 5.98. The topological polar surface area (TPSA) is 122 Å². The van der Waals surface area contributed by atoms with E-state index in [0.29, 0.717) is 38.8 Å². The van der Waals surface area contributed by atoms with Gasteiger partial charge in [-0.15, -0.1) is 0 Å². The maximum Gasteiger partial charge on any atom is 0.220 e. The summed E-state index contributed by atoms with van der Waals surface area (Å²) in [7, 11) is 8.14. The van der Waals surface area contributed by atoms with E-state index in [1.165, 1.54) is 0 Å². The number of nitrogens with zero attached hydrogens (tertiary/aromatic N) is 4. The third-order valence-corrected chi connectivity index (χ3v) is 10.5. The number of carbonyl (C=O) groups is 2. The summed E-state index contributed by atoms with van der Waals surface area (Å²) in [5.41, 5.74) is 15.3. The predicted molar refractivity (Wildman–Crippen MR) is 226 cm³/mol. The fourth-order valence-corrected chi connectivity index (χ4v) is 7.21. The predicted octanol–water partition coefficient (Wildman–Crippen LogP) is 7.47. The molecule has 2 amide bonds. The van der Waals surface area contributed by atoms with Crippen LogP contribution >= 0.6 is 0 Å². The van der Waals surface area contributed by atoms with Crippen LogP contribution in [-0.2, 0) is 16.0 Å². The van der Waals surface area contributed by atoms with Gasteiger partial charge >= 0.3 is 0 Å². The molecular formula is C44H58N8O2. The van der Waals surface area contributed by atoms with Crippen molar-refractivity contribution in [3.05, 3.63) is 88.5 Å². The van der Waals surface area contributed by atoms with Crippen molar-refractivity contribution in [1.82, 2.24) is 40.4 Å². The van der Waals surface area contributed by atoms with Crippen molar-refractivity contribution in [3.8, 4) is 0 Å². The molecule has 0 radical (unpaired) electrons. The molecule has 4 N–H and O–H groups in total. The minimum atomic E-state index is 0.0276. The molecule has 0 saturated carbocycles. The average molecular weight is 731 g/mol. The van der Waals surface area contributed by atoms with Crippen molar-refractivity contribution in [2.24, 2.45) is 0 Å². The number of rotatable bonds is 16. The van der Waals surface area contributed by atoms with E-state index in [9.17, 15) is 9.59 Å². The van der Waals surface area contributed by atoms with E-state index in [0.717, 1.165) is 115 Å². The standard InChI is InChI=1S/C44H58N8O2/c1-11-31-27(3)35-23-36-29(5)33(15-17-43(53)45-19-13-21-51(7)8)41(49-36)26-42-34(16-18-44(54)46-20-14-22-52(9)10)30(6)38(50-42)25-40-32(12-2)28(4)37(48-40)24-39(31)47-35/h11-12,23-26,47,50H,1-2,13-22H2,3-10H3,(H,45,53)(H,46,54). The third kappa shape index (κ3) is 9.35. The first-order valence-corrected chi connectivity index (χ1v) is 19.0. The quantitative estimate of drug-likeness (QED) is 0.114. The normalized spacial score (nSPS) is 12.9. The van der Waals surface area contributed by atoms with E-state index in [4.69, 9.17) is 9.97 Å². The Balaban J connectivity index is 1.66. The summed E-state index contributed by atoms with van der Waals surface area (Å²) in [6.07, 6.45) is 7.35. The van der Waals surface area contributed by atoms with Gasteiger partial charge in [0.15, 0.2) is 0 Å². The number of nitrogens with one attached hydrogen (secondary N) is 4. The lowest BCUT2D eigenvalue weighted by Gasteiger charge is -2.10. The number of carbonyl (C=O) groups excluding carboxylic acids is 2. The number of amides is 2. The molecule has 0 fully saturated rings. The molecule has 2 aliphatic heterocycles. The molecule has 54 heavy (non-hydrogen) atoms. The maximum absolute atomic E-state index is 13.0. The smallest absolute Gasteiger partial charge is 0.220 e. The Labute approximate surface area is 320 Å². The molecule has 0 aromatic carbocycles. The van der Waals surface area contributed by atoms with E-state index in [1.807, 2.05) is 40.3 Å². The zero-order valence-corrected chi connectivity index (χ0v) is 33.6. The second-order valence-electron chi connectivity index (χ2n) is 15.0. The lowest BCUT2D eigenvalue weighted by Crippen LogP contribution is -2.27. The molecule has 0 spiro atoms. The number of fused-ring (bicyclic) bond motifs is 8. The molecule has 0 saturated heterocycles. The third-order valence-electron chi connectivity index (χ3n) is 10.5. The number of H-pyrrole nitrogens is 2. The zero-order valence-electron chi connectivity index (χ0n) is 33.6. The van der Waals surface area contributed by atoms with E-state index in [1.54, 1.807) is 0 Å². The summed E-state index contributed by atoms with van der Waals surface area (Å²) in [5, 5.41) is 6.19. The van der Waals surface area contributed by atoms with Crippen LogP contribution in [-0.4, -0.2) is 95.9 Å². The van der Waals surface area contributed by atoms with Gasteiger partial charge in [0.05, 0.1) is 22.8 Å². The van der Waals surface area contributed by atoms with Crippen LogP contribution in [0.25, 0.3) is 50.4 Å². The Bertz CT molecular complexity index is 2160. The van der Waals surface area contributed by atoms with Crippen molar-refractivity contribution < 1.29 is 9.59 Å². The minimum absolute atomic E-state index is 0.0276. The van der Waals surface area contributed by atoms with Crippen LogP contribution in [0, 0.1) is 13.8 Å². The van der Waals surface area contributed by atoms with E-state index in [2.05, 4.69) is 95.5 Å². The van der Waals surface area contributed by atoms with Crippen LogP contribution < -0.4 is 10.6 Å². The first-order valence-electron chi connectivity index (χ1n) is 19.0. The lowest BCUT2D eigenvalue weighted by molar-refractivity contribution is -0.121. The number of allylic oxidation sites excluding steroid dienone is 5. The van der Waals surface area contributed by atoms with Gasteiger partial charge in [0.25, 0.3) is 0 Å². The van der Waals surface area contributed by atoms with Gasteiger partial charge in [-0.05, 0) is 152 Å². The summed E-state index contributed by atoms with van der Waals surface area (Å²) in [6.45, 7) is 19.7. The lowest BCUT2D eigenvalue weighted by atomic mass is 10.00. The molecule has 5 heterocycles. The molecule has 2 aliphatic rings. The van der Waals surface area contributed by atoms with Gasteiger partial charge < -0.3 is 30.4 Å². The summed E-state index contributed by atoms with van der Waals surface area (Å²) in [4.78, 5) is 47.9.